The van der Waals surface area contributed by atoms with Gasteiger partial charge in [-0.05, 0) is 18.3 Å². The van der Waals surface area contributed by atoms with Crippen molar-refractivity contribution in [2.24, 2.45) is 10.9 Å². The van der Waals surface area contributed by atoms with Crippen LogP contribution in [0.25, 0.3) is 0 Å². The van der Waals surface area contributed by atoms with Gasteiger partial charge in [-0.3, -0.25) is 0 Å². The van der Waals surface area contributed by atoms with Gasteiger partial charge in [-0.15, -0.1) is 0 Å². The first kappa shape index (κ1) is 12.3. The molecule has 7 heteroatoms. The summed E-state index contributed by atoms with van der Waals surface area (Å²) >= 11 is 4.15. The molecule has 0 aromatic rings. The van der Waals surface area contributed by atoms with Gasteiger partial charge in [0.25, 0.3) is 0 Å². The fraction of sp³-hybridized carbons (Fsp3) is 0.625. The highest BCUT2D eigenvalue weighted by Gasteiger charge is 2.47. The number of nitrogens with zero attached hydrogens (tertiary/aromatic N) is 1. The zero-order chi connectivity index (χ0) is 11.6. The lowest BCUT2D eigenvalue weighted by atomic mass is 9.90. The molecule has 1 nitrogen and oxygen atoms in total. The second kappa shape index (κ2) is 4.37. The number of halogens is 5. The second-order valence-electron chi connectivity index (χ2n) is 3.08. The molecule has 0 fully saturated rings. The van der Waals surface area contributed by atoms with Gasteiger partial charge in [-0.1, -0.05) is 0 Å². The Hall–Kier alpha value is -0.810. The molecule has 0 aliphatic heterocycles. The van der Waals surface area contributed by atoms with Crippen molar-refractivity contribution in [1.82, 2.24) is 0 Å². The van der Waals surface area contributed by atoms with Crippen LogP contribution in [0.2, 0.25) is 0 Å². The van der Waals surface area contributed by atoms with Crippen LogP contribution < -0.4 is 0 Å². The molecule has 1 aliphatic carbocycles. The zero-order valence-corrected chi connectivity index (χ0v) is 8.08. The summed E-state index contributed by atoms with van der Waals surface area (Å²) in [6, 6.07) is 0. The maximum absolute atomic E-state index is 13.0. The van der Waals surface area contributed by atoms with Crippen molar-refractivity contribution in [3.63, 3.8) is 0 Å². The highest BCUT2D eigenvalue weighted by molar-refractivity contribution is 7.78. The second-order valence-corrected chi connectivity index (χ2v) is 3.26. The predicted molar refractivity (Wildman–Crippen MR) is 47.1 cm³/mol. The van der Waals surface area contributed by atoms with E-state index in [1.165, 1.54) is 0 Å². The Labute approximate surface area is 87.7 Å². The molecule has 3 unspecified atom stereocenters. The SMILES string of the molecule is FC1CC(F)C(C(F)(F)F)C=C1N=C=S. The number of thiocarbonyl (C=S) groups is 1. The van der Waals surface area contributed by atoms with Crippen molar-refractivity contribution in [2.75, 3.05) is 0 Å². The third-order valence-corrected chi connectivity index (χ3v) is 2.14. The van der Waals surface area contributed by atoms with Crippen molar-refractivity contribution in [3.05, 3.63) is 11.8 Å². The molecular formula is C8H6F5NS. The van der Waals surface area contributed by atoms with Gasteiger partial charge in [0.1, 0.15) is 18.3 Å². The Balaban J connectivity index is 3.03. The topological polar surface area (TPSA) is 12.4 Å². The molecule has 0 spiro atoms. The lowest BCUT2D eigenvalue weighted by molar-refractivity contribution is -0.179. The number of hydrogen-bond donors (Lipinski definition) is 0. The average molecular weight is 243 g/mol. The van der Waals surface area contributed by atoms with Crippen LogP contribution in [0, 0.1) is 5.92 Å². The minimum absolute atomic E-state index is 0.429. The molecule has 0 N–H and O–H groups in total. The highest BCUT2D eigenvalue weighted by atomic mass is 32.1. The van der Waals surface area contributed by atoms with Crippen LogP contribution in [-0.4, -0.2) is 23.7 Å². The van der Waals surface area contributed by atoms with Crippen LogP contribution in [0.5, 0.6) is 0 Å². The summed E-state index contributed by atoms with van der Waals surface area (Å²) in [6.07, 6.45) is -9.28. The number of aliphatic imine (C=N–C) groups is 1. The van der Waals surface area contributed by atoms with Crippen LogP contribution in [0.3, 0.4) is 0 Å². The zero-order valence-electron chi connectivity index (χ0n) is 7.26. The van der Waals surface area contributed by atoms with E-state index in [9.17, 15) is 22.0 Å². The van der Waals surface area contributed by atoms with E-state index in [2.05, 4.69) is 17.2 Å². The van der Waals surface area contributed by atoms with E-state index in [0.29, 0.717) is 6.08 Å². The lowest BCUT2D eigenvalue weighted by Crippen LogP contribution is -2.35. The van der Waals surface area contributed by atoms with E-state index in [0.717, 1.165) is 0 Å². The quantitative estimate of drug-likeness (QED) is 0.391. The van der Waals surface area contributed by atoms with Gasteiger partial charge in [-0.2, -0.15) is 18.2 Å². The summed E-state index contributed by atoms with van der Waals surface area (Å²) in [5.74, 6) is -2.31. The van der Waals surface area contributed by atoms with Crippen LogP contribution in [0.15, 0.2) is 16.8 Å². The lowest BCUT2D eigenvalue weighted by Gasteiger charge is -2.26. The van der Waals surface area contributed by atoms with Crippen molar-refractivity contribution in [2.45, 2.75) is 24.9 Å². The number of rotatable bonds is 1. The van der Waals surface area contributed by atoms with E-state index in [-0.39, 0.29) is 0 Å². The number of allylic oxidation sites excluding steroid dienone is 2. The van der Waals surface area contributed by atoms with Gasteiger partial charge < -0.3 is 0 Å². The molecule has 0 aromatic heterocycles. The van der Waals surface area contributed by atoms with Crippen molar-refractivity contribution >= 4 is 17.4 Å². The van der Waals surface area contributed by atoms with Gasteiger partial charge in [0, 0.05) is 6.42 Å². The highest BCUT2D eigenvalue weighted by Crippen LogP contribution is 2.39. The number of hydrogen-bond acceptors (Lipinski definition) is 2. The summed E-state index contributed by atoms with van der Waals surface area (Å²) in [6.45, 7) is 0. The monoisotopic (exact) mass is 243 g/mol. The summed E-state index contributed by atoms with van der Waals surface area (Å²) in [7, 11) is 0. The van der Waals surface area contributed by atoms with Crippen LogP contribution in [0.1, 0.15) is 6.42 Å². The third-order valence-electron chi connectivity index (χ3n) is 2.05. The summed E-state index contributed by atoms with van der Waals surface area (Å²) in [4.78, 5) is 3.15. The standard InChI is InChI=1S/C8H6F5NS/c9-5-2-6(10)7(14-3-15)1-4(5)8(11,12)13/h1,4-6H,2H2. The average Bonchev–Trinajstić information content (AvgIpc) is 2.07. The molecule has 1 aliphatic rings. The predicted octanol–water partition coefficient (Wildman–Crippen LogP) is 3.23. The molecule has 15 heavy (non-hydrogen) atoms. The van der Waals surface area contributed by atoms with Crippen molar-refractivity contribution < 1.29 is 22.0 Å². The molecule has 0 radical (unpaired) electrons. The number of alkyl halides is 5. The van der Waals surface area contributed by atoms with Gasteiger partial charge in [-0.25, -0.2) is 8.78 Å². The molecular weight excluding hydrogens is 237 g/mol. The third kappa shape index (κ3) is 2.82. The minimum Gasteiger partial charge on any atom is -0.246 e. The Bertz CT molecular complexity index is 317. The molecule has 0 saturated carbocycles. The van der Waals surface area contributed by atoms with Crippen molar-refractivity contribution in [1.29, 1.82) is 0 Å². The first-order valence-electron chi connectivity index (χ1n) is 4.00. The van der Waals surface area contributed by atoms with Gasteiger partial charge >= 0.3 is 6.18 Å². The molecule has 0 bridgehead atoms. The van der Waals surface area contributed by atoms with E-state index in [1.807, 2.05) is 0 Å². The Morgan fingerprint density at radius 1 is 1.40 bits per heavy atom. The van der Waals surface area contributed by atoms with Gasteiger partial charge in [0.2, 0.25) is 0 Å². The minimum atomic E-state index is -4.73. The first-order chi connectivity index (χ1) is 6.86. The number of isothiocyanates is 1. The molecule has 0 saturated heterocycles. The van der Waals surface area contributed by atoms with Crippen LogP contribution in [0.4, 0.5) is 22.0 Å². The fourth-order valence-electron chi connectivity index (χ4n) is 1.32. The normalized spacial score (nSPS) is 31.8. The molecule has 0 aromatic carbocycles. The van der Waals surface area contributed by atoms with Crippen LogP contribution >= 0.6 is 12.2 Å². The Morgan fingerprint density at radius 2 is 2.00 bits per heavy atom. The van der Waals surface area contributed by atoms with Crippen LogP contribution in [-0.2, 0) is 0 Å². The summed E-state index contributed by atoms with van der Waals surface area (Å²) in [5, 5.41) is 1.76. The summed E-state index contributed by atoms with van der Waals surface area (Å²) < 4.78 is 62.6. The first-order valence-corrected chi connectivity index (χ1v) is 4.41. The molecule has 0 heterocycles. The molecule has 1 rings (SSSR count). The van der Waals surface area contributed by atoms with Gasteiger partial charge in [0.05, 0.1) is 10.9 Å². The largest absolute Gasteiger partial charge is 0.398 e. The smallest absolute Gasteiger partial charge is 0.246 e. The Kier molecular flexibility index (Phi) is 3.57. The van der Waals surface area contributed by atoms with E-state index in [4.69, 9.17) is 0 Å². The molecule has 0 amide bonds. The molecule has 3 atom stereocenters. The van der Waals surface area contributed by atoms with E-state index < -0.39 is 36.6 Å². The Morgan fingerprint density at radius 3 is 2.47 bits per heavy atom. The maximum Gasteiger partial charge on any atom is 0.398 e. The van der Waals surface area contributed by atoms with Crippen molar-refractivity contribution in [3.8, 4) is 0 Å². The summed E-state index contributed by atoms with van der Waals surface area (Å²) in [5.41, 5.74) is -0.499. The maximum atomic E-state index is 13.0. The van der Waals surface area contributed by atoms with E-state index in [1.54, 1.807) is 5.16 Å². The molecule has 84 valence electrons. The fourth-order valence-corrected chi connectivity index (χ4v) is 1.42. The van der Waals surface area contributed by atoms with Gasteiger partial charge in [0.15, 0.2) is 0 Å². The van der Waals surface area contributed by atoms with E-state index >= 15 is 0 Å².